The van der Waals surface area contributed by atoms with E-state index in [0.717, 1.165) is 16.6 Å². The molecule has 1 aromatic rings. The van der Waals surface area contributed by atoms with Crippen molar-refractivity contribution in [1.29, 1.82) is 0 Å². The third-order valence-electron chi connectivity index (χ3n) is 1.82. The predicted octanol–water partition coefficient (Wildman–Crippen LogP) is 2.17. The van der Waals surface area contributed by atoms with Gasteiger partial charge in [-0.25, -0.2) is 5.84 Å². The van der Waals surface area contributed by atoms with Gasteiger partial charge in [-0.3, -0.25) is 0 Å². The Hall–Kier alpha value is -0.650. The number of nitrogens with two attached hydrogens (primary N) is 1. The highest BCUT2D eigenvalue weighted by Gasteiger charge is 2.01. The number of hydrogen-bond acceptors (Lipinski definition) is 2. The maximum Gasteiger partial charge on any atom is 0.185 e. The van der Waals surface area contributed by atoms with Gasteiger partial charge >= 0.3 is 0 Å². The lowest BCUT2D eigenvalue weighted by Gasteiger charge is -2.09. The van der Waals surface area contributed by atoms with Crippen molar-refractivity contribution < 1.29 is 0 Å². The summed E-state index contributed by atoms with van der Waals surface area (Å²) in [7, 11) is 0. The largest absolute Gasteiger partial charge is 0.331 e. The molecule has 14 heavy (non-hydrogen) atoms. The zero-order chi connectivity index (χ0) is 10.6. The average Bonchev–Trinajstić information content (AvgIpc) is 2.20. The maximum atomic E-state index is 5.16. The van der Waals surface area contributed by atoms with E-state index in [0.29, 0.717) is 5.11 Å². The van der Waals surface area contributed by atoms with Crippen molar-refractivity contribution >= 4 is 38.9 Å². The lowest BCUT2D eigenvalue weighted by molar-refractivity contribution is 1.04. The average molecular weight is 274 g/mol. The van der Waals surface area contributed by atoms with Crippen molar-refractivity contribution in [3.8, 4) is 0 Å². The number of hydrogen-bond donors (Lipinski definition) is 3. The van der Waals surface area contributed by atoms with Crippen LogP contribution < -0.4 is 16.6 Å². The Labute approximate surface area is 97.2 Å². The zero-order valence-corrected chi connectivity index (χ0v) is 10.2. The summed E-state index contributed by atoms with van der Waals surface area (Å²) in [6.07, 6.45) is 1.01. The van der Waals surface area contributed by atoms with Gasteiger partial charge in [0.25, 0.3) is 0 Å². The number of hydrazine groups is 1. The van der Waals surface area contributed by atoms with Gasteiger partial charge in [0.15, 0.2) is 5.11 Å². The fourth-order valence-corrected chi connectivity index (χ4v) is 1.67. The number of thiocarbonyl (C=S) groups is 1. The summed E-state index contributed by atoms with van der Waals surface area (Å²) in [6, 6.07) is 6.07. The highest BCUT2D eigenvalue weighted by molar-refractivity contribution is 9.10. The molecule has 0 aromatic heterocycles. The van der Waals surface area contributed by atoms with Crippen molar-refractivity contribution in [2.24, 2.45) is 5.84 Å². The van der Waals surface area contributed by atoms with E-state index in [-0.39, 0.29) is 0 Å². The van der Waals surface area contributed by atoms with Crippen LogP contribution in [0.3, 0.4) is 0 Å². The molecular weight excluding hydrogens is 262 g/mol. The lowest BCUT2D eigenvalue weighted by atomic mass is 10.1. The normalized spacial score (nSPS) is 9.64. The molecule has 0 saturated carbocycles. The van der Waals surface area contributed by atoms with Crippen molar-refractivity contribution in [1.82, 2.24) is 5.43 Å². The molecule has 1 rings (SSSR count). The first-order chi connectivity index (χ1) is 6.67. The Morgan fingerprint density at radius 2 is 2.29 bits per heavy atom. The van der Waals surface area contributed by atoms with E-state index in [1.807, 2.05) is 12.1 Å². The van der Waals surface area contributed by atoms with Gasteiger partial charge in [-0.15, -0.1) is 0 Å². The summed E-state index contributed by atoms with van der Waals surface area (Å²) in [4.78, 5) is 0. The molecule has 3 nitrogen and oxygen atoms in total. The first kappa shape index (κ1) is 11.4. The number of anilines is 1. The van der Waals surface area contributed by atoms with Crippen LogP contribution in [0.2, 0.25) is 0 Å². The van der Waals surface area contributed by atoms with Gasteiger partial charge in [-0.05, 0) is 52.3 Å². The van der Waals surface area contributed by atoms with E-state index in [1.54, 1.807) is 0 Å². The van der Waals surface area contributed by atoms with E-state index in [4.69, 9.17) is 18.1 Å². The molecule has 0 aliphatic heterocycles. The Balaban J connectivity index is 2.83. The molecule has 0 aliphatic rings. The van der Waals surface area contributed by atoms with E-state index >= 15 is 0 Å². The third-order valence-corrected chi connectivity index (χ3v) is 2.70. The predicted molar refractivity (Wildman–Crippen MR) is 67.1 cm³/mol. The van der Waals surface area contributed by atoms with Crippen molar-refractivity contribution in [2.75, 3.05) is 5.32 Å². The van der Waals surface area contributed by atoms with Crippen molar-refractivity contribution in [3.05, 3.63) is 28.2 Å². The molecule has 0 saturated heterocycles. The molecule has 0 radical (unpaired) electrons. The third kappa shape index (κ3) is 2.94. The van der Waals surface area contributed by atoms with Gasteiger partial charge in [-0.1, -0.05) is 13.0 Å². The fourth-order valence-electron chi connectivity index (χ4n) is 1.04. The smallest absolute Gasteiger partial charge is 0.185 e. The van der Waals surface area contributed by atoms with Crippen LogP contribution in [0.4, 0.5) is 5.69 Å². The summed E-state index contributed by atoms with van der Waals surface area (Å²) in [5.74, 6) is 5.16. The summed E-state index contributed by atoms with van der Waals surface area (Å²) in [5, 5.41) is 3.36. The molecule has 0 spiro atoms. The van der Waals surface area contributed by atoms with Crippen LogP contribution in [0.5, 0.6) is 0 Å². The quantitative estimate of drug-likeness (QED) is 0.439. The highest BCUT2D eigenvalue weighted by atomic mass is 79.9. The number of rotatable bonds is 2. The van der Waals surface area contributed by atoms with Gasteiger partial charge < -0.3 is 10.7 Å². The molecule has 0 heterocycles. The molecule has 0 amide bonds. The number of aryl methyl sites for hydroxylation is 1. The van der Waals surface area contributed by atoms with E-state index < -0.39 is 0 Å². The summed E-state index contributed by atoms with van der Waals surface area (Å²) in [6.45, 7) is 2.11. The second-order valence-electron chi connectivity index (χ2n) is 2.77. The SMILES string of the molecule is CCc1ccc(NC(=S)NN)c(Br)c1. The van der Waals surface area contributed by atoms with Crippen LogP contribution in [0.1, 0.15) is 12.5 Å². The van der Waals surface area contributed by atoms with Gasteiger partial charge in [0.05, 0.1) is 5.69 Å². The first-order valence-corrected chi connectivity index (χ1v) is 5.43. The van der Waals surface area contributed by atoms with Crippen LogP contribution in [-0.2, 0) is 6.42 Å². The van der Waals surface area contributed by atoms with E-state index in [9.17, 15) is 0 Å². The fraction of sp³-hybridized carbons (Fsp3) is 0.222. The molecule has 1 aromatic carbocycles. The summed E-state index contributed by atoms with van der Waals surface area (Å²) < 4.78 is 0.981. The molecule has 76 valence electrons. The number of nitrogens with one attached hydrogen (secondary N) is 2. The van der Waals surface area contributed by atoms with Gasteiger partial charge in [0, 0.05) is 4.47 Å². The monoisotopic (exact) mass is 273 g/mol. The Bertz CT molecular complexity index is 341. The number of benzene rings is 1. The summed E-state index contributed by atoms with van der Waals surface area (Å²) in [5.41, 5.74) is 4.55. The van der Waals surface area contributed by atoms with E-state index in [2.05, 4.69) is 39.7 Å². The first-order valence-electron chi connectivity index (χ1n) is 4.23. The van der Waals surface area contributed by atoms with Crippen LogP contribution in [-0.4, -0.2) is 5.11 Å². The second kappa shape index (κ2) is 5.29. The molecular formula is C9H12BrN3S. The number of halogens is 1. The van der Waals surface area contributed by atoms with Crippen molar-refractivity contribution in [2.45, 2.75) is 13.3 Å². The Morgan fingerprint density at radius 3 is 2.79 bits per heavy atom. The van der Waals surface area contributed by atoms with Crippen LogP contribution >= 0.6 is 28.1 Å². The van der Waals surface area contributed by atoms with Crippen molar-refractivity contribution in [3.63, 3.8) is 0 Å². The molecule has 0 fully saturated rings. The minimum absolute atomic E-state index is 0.398. The van der Waals surface area contributed by atoms with Crippen LogP contribution in [0.15, 0.2) is 22.7 Å². The van der Waals surface area contributed by atoms with Gasteiger partial charge in [0.1, 0.15) is 0 Å². The second-order valence-corrected chi connectivity index (χ2v) is 4.03. The molecule has 0 bridgehead atoms. The highest BCUT2D eigenvalue weighted by Crippen LogP contribution is 2.23. The van der Waals surface area contributed by atoms with Gasteiger partial charge in [-0.2, -0.15) is 0 Å². The zero-order valence-electron chi connectivity index (χ0n) is 7.80. The Kier molecular flexibility index (Phi) is 4.31. The Morgan fingerprint density at radius 1 is 1.57 bits per heavy atom. The standard InChI is InChI=1S/C9H12BrN3S/c1-2-6-3-4-8(7(10)5-6)12-9(14)13-11/h3-5H,2,11H2,1H3,(H2,12,13,14). The molecule has 0 atom stereocenters. The van der Waals surface area contributed by atoms with Crippen LogP contribution in [0, 0.1) is 0 Å². The topological polar surface area (TPSA) is 50.1 Å². The minimum atomic E-state index is 0.398. The molecule has 5 heteroatoms. The maximum absolute atomic E-state index is 5.16. The van der Waals surface area contributed by atoms with Gasteiger partial charge in [0.2, 0.25) is 0 Å². The lowest BCUT2D eigenvalue weighted by Crippen LogP contribution is -2.34. The van der Waals surface area contributed by atoms with Crippen LogP contribution in [0.25, 0.3) is 0 Å². The molecule has 0 unspecified atom stereocenters. The summed E-state index contributed by atoms with van der Waals surface area (Å²) >= 11 is 8.34. The molecule has 4 N–H and O–H groups in total. The minimum Gasteiger partial charge on any atom is -0.331 e. The molecule has 0 aliphatic carbocycles. The van der Waals surface area contributed by atoms with E-state index in [1.165, 1.54) is 5.56 Å².